The molecule has 0 spiro atoms. The van der Waals surface area contributed by atoms with Gasteiger partial charge in [-0.2, -0.15) is 5.26 Å². The summed E-state index contributed by atoms with van der Waals surface area (Å²) in [7, 11) is 1.81. The minimum atomic E-state index is -0.402. The lowest BCUT2D eigenvalue weighted by Crippen LogP contribution is -2.38. The summed E-state index contributed by atoms with van der Waals surface area (Å²) in [6.45, 7) is 6.67. The van der Waals surface area contributed by atoms with Crippen molar-refractivity contribution >= 4 is 0 Å². The molecule has 1 N–H and O–H groups in total. The number of nitrogens with one attached hydrogen (secondary N) is 1. The van der Waals surface area contributed by atoms with Crippen molar-refractivity contribution in [3.8, 4) is 6.07 Å². The molecule has 0 aliphatic heterocycles. The Morgan fingerprint density at radius 1 is 1.54 bits per heavy atom. The summed E-state index contributed by atoms with van der Waals surface area (Å²) in [5, 5.41) is 11.8. The largest absolute Gasteiger partial charge is 0.379 e. The molecule has 13 heavy (non-hydrogen) atoms. The average Bonchev–Trinajstić information content (AvgIpc) is 2.12. The van der Waals surface area contributed by atoms with E-state index in [0.717, 1.165) is 19.4 Å². The summed E-state index contributed by atoms with van der Waals surface area (Å²) in [4.78, 5) is 0. The van der Waals surface area contributed by atoms with Crippen molar-refractivity contribution in [1.82, 2.24) is 5.32 Å². The lowest BCUT2D eigenvalue weighted by Gasteiger charge is -2.20. The molecule has 0 amide bonds. The van der Waals surface area contributed by atoms with Crippen molar-refractivity contribution in [2.24, 2.45) is 0 Å². The van der Waals surface area contributed by atoms with Gasteiger partial charge in [0.05, 0.1) is 12.2 Å². The van der Waals surface area contributed by atoms with Crippen molar-refractivity contribution in [2.75, 3.05) is 13.7 Å². The minimum absolute atomic E-state index is 0.280. The zero-order chi connectivity index (χ0) is 10.3. The molecule has 0 aliphatic rings. The van der Waals surface area contributed by atoms with Crippen LogP contribution in [0.1, 0.15) is 33.6 Å². The maximum Gasteiger partial charge on any atom is 0.103 e. The molecule has 0 fully saturated rings. The number of ether oxygens (including phenoxy) is 1. The van der Waals surface area contributed by atoms with Crippen molar-refractivity contribution in [3.63, 3.8) is 0 Å². The van der Waals surface area contributed by atoms with E-state index in [9.17, 15) is 0 Å². The number of hydrogen-bond acceptors (Lipinski definition) is 3. The first-order chi connectivity index (χ1) is 6.04. The van der Waals surface area contributed by atoms with Crippen molar-refractivity contribution in [2.45, 2.75) is 45.3 Å². The van der Waals surface area contributed by atoms with E-state index in [1.807, 2.05) is 27.8 Å². The van der Waals surface area contributed by atoms with E-state index < -0.39 is 5.54 Å². The molecule has 0 radical (unpaired) electrons. The maximum atomic E-state index is 8.84. The molecule has 0 aromatic carbocycles. The molecule has 3 heteroatoms. The van der Waals surface area contributed by atoms with E-state index in [4.69, 9.17) is 10.00 Å². The van der Waals surface area contributed by atoms with Crippen LogP contribution < -0.4 is 5.32 Å². The van der Waals surface area contributed by atoms with Crippen molar-refractivity contribution in [3.05, 3.63) is 0 Å². The SMILES string of the molecule is CNC(C)(C#N)CCCOC(C)C. The van der Waals surface area contributed by atoms with Gasteiger partial charge >= 0.3 is 0 Å². The van der Waals surface area contributed by atoms with Gasteiger partial charge in [0.15, 0.2) is 0 Å². The van der Waals surface area contributed by atoms with Gasteiger partial charge in [-0.1, -0.05) is 0 Å². The average molecular weight is 184 g/mol. The first kappa shape index (κ1) is 12.4. The Labute approximate surface area is 81.1 Å². The normalized spacial score (nSPS) is 15.4. The molecule has 0 aliphatic carbocycles. The van der Waals surface area contributed by atoms with Gasteiger partial charge in [-0.05, 0) is 40.7 Å². The van der Waals surface area contributed by atoms with Crippen LogP contribution in [-0.4, -0.2) is 25.3 Å². The van der Waals surface area contributed by atoms with Gasteiger partial charge in [-0.15, -0.1) is 0 Å². The number of rotatable bonds is 6. The third-order valence-corrected chi connectivity index (χ3v) is 2.07. The van der Waals surface area contributed by atoms with Crippen LogP contribution in [0.2, 0.25) is 0 Å². The molecule has 0 bridgehead atoms. The Bertz CT molecular complexity index is 174. The van der Waals surface area contributed by atoms with Crippen LogP contribution in [0.3, 0.4) is 0 Å². The number of nitrogens with zero attached hydrogens (tertiary/aromatic N) is 1. The minimum Gasteiger partial charge on any atom is -0.379 e. The lowest BCUT2D eigenvalue weighted by atomic mass is 9.98. The third kappa shape index (κ3) is 5.62. The summed E-state index contributed by atoms with van der Waals surface area (Å²) in [5.74, 6) is 0. The summed E-state index contributed by atoms with van der Waals surface area (Å²) in [5.41, 5.74) is -0.402. The van der Waals surface area contributed by atoms with Crippen LogP contribution in [0.4, 0.5) is 0 Å². The van der Waals surface area contributed by atoms with Gasteiger partial charge in [0.2, 0.25) is 0 Å². The van der Waals surface area contributed by atoms with Crippen LogP contribution in [0.15, 0.2) is 0 Å². The molecule has 0 rings (SSSR count). The van der Waals surface area contributed by atoms with E-state index in [-0.39, 0.29) is 6.10 Å². The van der Waals surface area contributed by atoms with Crippen LogP contribution >= 0.6 is 0 Å². The zero-order valence-electron chi connectivity index (χ0n) is 9.05. The fourth-order valence-electron chi connectivity index (χ4n) is 0.982. The smallest absolute Gasteiger partial charge is 0.103 e. The lowest BCUT2D eigenvalue weighted by molar-refractivity contribution is 0.0735. The van der Waals surface area contributed by atoms with Crippen molar-refractivity contribution < 1.29 is 4.74 Å². The predicted octanol–water partition coefficient (Wildman–Crippen LogP) is 1.69. The molecule has 3 nitrogen and oxygen atoms in total. The molecule has 1 unspecified atom stereocenters. The van der Waals surface area contributed by atoms with Crippen molar-refractivity contribution in [1.29, 1.82) is 5.26 Å². The first-order valence-corrected chi connectivity index (χ1v) is 4.76. The van der Waals surface area contributed by atoms with Gasteiger partial charge in [-0.3, -0.25) is 0 Å². The summed E-state index contributed by atoms with van der Waals surface area (Å²) < 4.78 is 5.39. The van der Waals surface area contributed by atoms with Gasteiger partial charge in [-0.25, -0.2) is 0 Å². The summed E-state index contributed by atoms with van der Waals surface area (Å²) in [6.07, 6.45) is 2.03. The quantitative estimate of drug-likeness (QED) is 0.639. The molecule has 0 saturated carbocycles. The molecule has 0 heterocycles. The van der Waals surface area contributed by atoms with E-state index >= 15 is 0 Å². The van der Waals surface area contributed by atoms with E-state index in [1.54, 1.807) is 0 Å². The van der Waals surface area contributed by atoms with Crippen LogP contribution in [-0.2, 0) is 4.74 Å². The maximum absolute atomic E-state index is 8.84. The Kier molecular flexibility index (Phi) is 5.68. The molecular formula is C10H20N2O. The zero-order valence-corrected chi connectivity index (χ0v) is 9.05. The molecule has 1 atom stereocenters. The van der Waals surface area contributed by atoms with Gasteiger partial charge in [0, 0.05) is 6.61 Å². The summed E-state index contributed by atoms with van der Waals surface area (Å²) >= 11 is 0. The highest BCUT2D eigenvalue weighted by molar-refractivity contribution is 5.02. The summed E-state index contributed by atoms with van der Waals surface area (Å²) in [6, 6.07) is 2.25. The Morgan fingerprint density at radius 2 is 2.15 bits per heavy atom. The molecule has 0 aromatic heterocycles. The van der Waals surface area contributed by atoms with E-state index in [1.165, 1.54) is 0 Å². The third-order valence-electron chi connectivity index (χ3n) is 2.07. The van der Waals surface area contributed by atoms with Gasteiger partial charge < -0.3 is 10.1 Å². The van der Waals surface area contributed by atoms with Crippen LogP contribution in [0.25, 0.3) is 0 Å². The van der Waals surface area contributed by atoms with E-state index in [0.29, 0.717) is 0 Å². The number of hydrogen-bond donors (Lipinski definition) is 1. The standard InChI is InChI=1S/C10H20N2O/c1-9(2)13-7-5-6-10(3,8-11)12-4/h9,12H,5-7H2,1-4H3. The van der Waals surface area contributed by atoms with Crippen LogP contribution in [0.5, 0.6) is 0 Å². The van der Waals surface area contributed by atoms with Gasteiger partial charge in [0.1, 0.15) is 5.54 Å². The molecule has 76 valence electrons. The number of nitriles is 1. The monoisotopic (exact) mass is 184 g/mol. The Hall–Kier alpha value is -0.590. The van der Waals surface area contributed by atoms with Crippen LogP contribution in [0, 0.1) is 11.3 Å². The second kappa shape index (κ2) is 5.95. The molecule has 0 aromatic rings. The fourth-order valence-corrected chi connectivity index (χ4v) is 0.982. The second-order valence-electron chi connectivity index (χ2n) is 3.72. The highest BCUT2D eigenvalue weighted by atomic mass is 16.5. The second-order valence-corrected chi connectivity index (χ2v) is 3.72. The van der Waals surface area contributed by atoms with Gasteiger partial charge in [0.25, 0.3) is 0 Å². The fraction of sp³-hybridized carbons (Fsp3) is 0.900. The molecule has 0 saturated heterocycles. The predicted molar refractivity (Wildman–Crippen MR) is 53.4 cm³/mol. The first-order valence-electron chi connectivity index (χ1n) is 4.76. The van der Waals surface area contributed by atoms with E-state index in [2.05, 4.69) is 11.4 Å². The molecular weight excluding hydrogens is 164 g/mol. The Balaban J connectivity index is 3.58. The highest BCUT2D eigenvalue weighted by Crippen LogP contribution is 2.10. The Morgan fingerprint density at radius 3 is 2.54 bits per heavy atom. The highest BCUT2D eigenvalue weighted by Gasteiger charge is 2.19. The topological polar surface area (TPSA) is 45.0 Å².